The topological polar surface area (TPSA) is 69.5 Å². The number of aromatic nitrogens is 3. The van der Waals surface area contributed by atoms with Crippen molar-refractivity contribution in [1.29, 1.82) is 0 Å². The summed E-state index contributed by atoms with van der Waals surface area (Å²) in [5.74, 6) is 2.03. The van der Waals surface area contributed by atoms with Gasteiger partial charge < -0.3 is 9.80 Å². The standard InChI is InChI=1S/C20H26BrN7/c21-17-9-7-16(8-10-17)15-22-26-18-23-19(27-11-3-1-4-12-27)25-20(24-18)28-13-5-2-6-14-28/h7-10,15H,1-6,11-14H2,(H,23,24,25,26). The molecule has 8 heteroatoms. The first-order valence-corrected chi connectivity index (χ1v) is 10.9. The van der Waals surface area contributed by atoms with Crippen molar-refractivity contribution in [3.8, 4) is 0 Å². The van der Waals surface area contributed by atoms with Crippen LogP contribution in [-0.4, -0.2) is 47.3 Å². The second-order valence-corrected chi connectivity index (χ2v) is 8.19. The van der Waals surface area contributed by atoms with Gasteiger partial charge in [0, 0.05) is 30.7 Å². The predicted molar refractivity (Wildman–Crippen MR) is 117 cm³/mol. The van der Waals surface area contributed by atoms with E-state index in [0.29, 0.717) is 5.95 Å². The molecule has 0 radical (unpaired) electrons. The zero-order valence-electron chi connectivity index (χ0n) is 16.0. The number of rotatable bonds is 5. The van der Waals surface area contributed by atoms with Crippen LogP contribution in [0.4, 0.5) is 17.8 Å². The van der Waals surface area contributed by atoms with Crippen LogP contribution in [0.15, 0.2) is 33.8 Å². The Balaban J connectivity index is 1.54. The van der Waals surface area contributed by atoms with Crippen LogP contribution in [0.5, 0.6) is 0 Å². The number of nitrogens with one attached hydrogen (secondary N) is 1. The summed E-state index contributed by atoms with van der Waals surface area (Å²) < 4.78 is 1.05. The molecular formula is C20H26BrN7. The second-order valence-electron chi connectivity index (χ2n) is 7.28. The van der Waals surface area contributed by atoms with E-state index in [1.54, 1.807) is 6.21 Å². The van der Waals surface area contributed by atoms with E-state index in [4.69, 9.17) is 4.98 Å². The van der Waals surface area contributed by atoms with Gasteiger partial charge in [0.1, 0.15) is 0 Å². The van der Waals surface area contributed by atoms with Crippen LogP contribution >= 0.6 is 15.9 Å². The molecule has 28 heavy (non-hydrogen) atoms. The van der Waals surface area contributed by atoms with Gasteiger partial charge in [0.2, 0.25) is 17.8 Å². The number of benzene rings is 1. The number of anilines is 3. The van der Waals surface area contributed by atoms with Crippen molar-refractivity contribution < 1.29 is 0 Å². The maximum atomic E-state index is 4.79. The number of hydrogen-bond acceptors (Lipinski definition) is 7. The molecule has 0 amide bonds. The fourth-order valence-corrected chi connectivity index (χ4v) is 3.85. The van der Waals surface area contributed by atoms with E-state index in [9.17, 15) is 0 Å². The van der Waals surface area contributed by atoms with Gasteiger partial charge in [-0.05, 0) is 56.2 Å². The number of hydrazone groups is 1. The number of nitrogens with zero attached hydrogens (tertiary/aromatic N) is 6. The van der Waals surface area contributed by atoms with Crippen molar-refractivity contribution in [2.75, 3.05) is 41.4 Å². The lowest BCUT2D eigenvalue weighted by Crippen LogP contribution is -2.34. The summed E-state index contributed by atoms with van der Waals surface area (Å²) in [6, 6.07) is 7.99. The van der Waals surface area contributed by atoms with Gasteiger partial charge in [-0.2, -0.15) is 20.1 Å². The monoisotopic (exact) mass is 443 g/mol. The summed E-state index contributed by atoms with van der Waals surface area (Å²) in [4.78, 5) is 18.6. The van der Waals surface area contributed by atoms with Crippen LogP contribution < -0.4 is 15.2 Å². The quantitative estimate of drug-likeness (QED) is 0.554. The molecule has 2 saturated heterocycles. The van der Waals surface area contributed by atoms with Crippen molar-refractivity contribution in [3.05, 3.63) is 34.3 Å². The maximum absolute atomic E-state index is 4.79. The Kier molecular flexibility index (Phi) is 6.36. The van der Waals surface area contributed by atoms with E-state index in [-0.39, 0.29) is 0 Å². The lowest BCUT2D eigenvalue weighted by atomic mass is 10.1. The van der Waals surface area contributed by atoms with Gasteiger partial charge in [0.05, 0.1) is 6.21 Å². The van der Waals surface area contributed by atoms with Crippen molar-refractivity contribution in [1.82, 2.24) is 15.0 Å². The Bertz CT molecular complexity index is 760. The molecule has 1 aromatic heterocycles. The van der Waals surface area contributed by atoms with E-state index in [1.165, 1.54) is 38.5 Å². The lowest BCUT2D eigenvalue weighted by molar-refractivity contribution is 0.556. The number of hydrogen-bond donors (Lipinski definition) is 1. The molecule has 0 unspecified atom stereocenters. The second kappa shape index (κ2) is 9.32. The molecule has 0 aliphatic carbocycles. The Morgan fingerprint density at radius 1 is 0.786 bits per heavy atom. The Labute approximate surface area is 174 Å². The first-order chi connectivity index (χ1) is 13.8. The van der Waals surface area contributed by atoms with Gasteiger partial charge in [0.25, 0.3) is 0 Å². The first-order valence-electron chi connectivity index (χ1n) is 10.1. The molecule has 0 atom stereocenters. The van der Waals surface area contributed by atoms with Crippen LogP contribution in [0, 0.1) is 0 Å². The highest BCUT2D eigenvalue weighted by Gasteiger charge is 2.20. The van der Waals surface area contributed by atoms with Gasteiger partial charge in [0.15, 0.2) is 0 Å². The molecule has 0 spiro atoms. The third-order valence-corrected chi connectivity index (χ3v) is 5.67. The lowest BCUT2D eigenvalue weighted by Gasteiger charge is -2.30. The molecule has 7 nitrogen and oxygen atoms in total. The minimum atomic E-state index is 0.504. The molecule has 2 aliphatic heterocycles. The molecule has 2 fully saturated rings. The number of halogens is 1. The average molecular weight is 444 g/mol. The maximum Gasteiger partial charge on any atom is 0.250 e. The smallest absolute Gasteiger partial charge is 0.250 e. The van der Waals surface area contributed by atoms with Crippen LogP contribution in [0.3, 0.4) is 0 Å². The Morgan fingerprint density at radius 3 is 1.86 bits per heavy atom. The molecule has 1 aromatic carbocycles. The van der Waals surface area contributed by atoms with E-state index < -0.39 is 0 Å². The third kappa shape index (κ3) is 4.98. The van der Waals surface area contributed by atoms with Crippen molar-refractivity contribution in [2.24, 2.45) is 5.10 Å². The highest BCUT2D eigenvalue weighted by atomic mass is 79.9. The Morgan fingerprint density at radius 2 is 1.32 bits per heavy atom. The molecule has 0 bridgehead atoms. The summed E-state index contributed by atoms with van der Waals surface area (Å²) in [6.45, 7) is 4.02. The van der Waals surface area contributed by atoms with Gasteiger partial charge in [-0.25, -0.2) is 5.43 Å². The third-order valence-electron chi connectivity index (χ3n) is 5.14. The van der Waals surface area contributed by atoms with E-state index in [1.807, 2.05) is 24.3 Å². The van der Waals surface area contributed by atoms with Crippen LogP contribution in [0.25, 0.3) is 0 Å². The number of piperidine rings is 2. The molecular weight excluding hydrogens is 418 g/mol. The van der Waals surface area contributed by atoms with Gasteiger partial charge in [-0.1, -0.05) is 28.1 Å². The predicted octanol–water partition coefficient (Wildman–Crippen LogP) is 4.06. The largest absolute Gasteiger partial charge is 0.341 e. The fourth-order valence-electron chi connectivity index (χ4n) is 3.59. The van der Waals surface area contributed by atoms with Gasteiger partial charge >= 0.3 is 0 Å². The van der Waals surface area contributed by atoms with Gasteiger partial charge in [-0.3, -0.25) is 0 Å². The van der Waals surface area contributed by atoms with Crippen LogP contribution in [-0.2, 0) is 0 Å². The SMILES string of the molecule is Brc1ccc(C=NNc2nc(N3CCCCC3)nc(N3CCCCC3)n2)cc1. The first kappa shape index (κ1) is 19.1. The van der Waals surface area contributed by atoms with Crippen molar-refractivity contribution in [3.63, 3.8) is 0 Å². The molecule has 4 rings (SSSR count). The summed E-state index contributed by atoms with van der Waals surface area (Å²) >= 11 is 3.45. The minimum Gasteiger partial charge on any atom is -0.341 e. The molecule has 2 aliphatic rings. The van der Waals surface area contributed by atoms with E-state index in [0.717, 1.165) is 48.1 Å². The zero-order valence-corrected chi connectivity index (χ0v) is 17.6. The average Bonchev–Trinajstić information content (AvgIpc) is 2.76. The zero-order chi connectivity index (χ0) is 19.2. The van der Waals surface area contributed by atoms with Crippen molar-refractivity contribution >= 4 is 40.0 Å². The van der Waals surface area contributed by atoms with E-state index in [2.05, 4.69) is 46.2 Å². The van der Waals surface area contributed by atoms with Gasteiger partial charge in [-0.15, -0.1) is 0 Å². The molecule has 0 saturated carbocycles. The summed E-state index contributed by atoms with van der Waals surface area (Å²) in [6.07, 6.45) is 9.10. The van der Waals surface area contributed by atoms with Crippen molar-refractivity contribution in [2.45, 2.75) is 38.5 Å². The highest BCUT2D eigenvalue weighted by molar-refractivity contribution is 9.10. The highest BCUT2D eigenvalue weighted by Crippen LogP contribution is 2.22. The van der Waals surface area contributed by atoms with E-state index >= 15 is 0 Å². The minimum absolute atomic E-state index is 0.504. The summed E-state index contributed by atoms with van der Waals surface area (Å²) in [7, 11) is 0. The van der Waals surface area contributed by atoms with Crippen LogP contribution in [0.2, 0.25) is 0 Å². The molecule has 1 N–H and O–H groups in total. The fraction of sp³-hybridized carbons (Fsp3) is 0.500. The molecule has 3 heterocycles. The summed E-state index contributed by atoms with van der Waals surface area (Å²) in [5.41, 5.74) is 4.02. The normalized spacial score (nSPS) is 17.9. The molecule has 2 aromatic rings. The molecule has 148 valence electrons. The summed E-state index contributed by atoms with van der Waals surface area (Å²) in [5, 5.41) is 4.33. The van der Waals surface area contributed by atoms with Crippen LogP contribution in [0.1, 0.15) is 44.1 Å². The Hall–Kier alpha value is -2.22.